The Morgan fingerprint density at radius 1 is 1.22 bits per heavy atom. The van der Waals surface area contributed by atoms with Crippen LogP contribution < -0.4 is 0 Å². The highest BCUT2D eigenvalue weighted by Gasteiger charge is 2.24. The maximum Gasteiger partial charge on any atom is 0.139 e. The van der Waals surface area contributed by atoms with Gasteiger partial charge in [-0.05, 0) is 19.9 Å². The SMILES string of the molecule is CC(c1ncn[nH]1)c1c(F)cc2ncc(C(C)(C)O)cc2c1F. The Balaban J connectivity index is 2.23. The number of aromatic nitrogens is 4. The van der Waals surface area contributed by atoms with Gasteiger partial charge in [-0.2, -0.15) is 5.10 Å². The number of hydrogen-bond acceptors (Lipinski definition) is 4. The van der Waals surface area contributed by atoms with Gasteiger partial charge in [-0.1, -0.05) is 6.92 Å². The monoisotopic (exact) mass is 318 g/mol. The van der Waals surface area contributed by atoms with Crippen LogP contribution in [0.3, 0.4) is 0 Å². The lowest BCUT2D eigenvalue weighted by atomic mass is 9.94. The van der Waals surface area contributed by atoms with Crippen molar-refractivity contribution in [1.29, 1.82) is 0 Å². The van der Waals surface area contributed by atoms with Crippen molar-refractivity contribution in [2.24, 2.45) is 0 Å². The summed E-state index contributed by atoms with van der Waals surface area (Å²) in [5.74, 6) is -1.66. The number of fused-ring (bicyclic) bond motifs is 1. The number of benzene rings is 1. The first-order chi connectivity index (χ1) is 10.8. The molecule has 5 nitrogen and oxygen atoms in total. The highest BCUT2D eigenvalue weighted by atomic mass is 19.1. The Kier molecular flexibility index (Phi) is 3.60. The van der Waals surface area contributed by atoms with Gasteiger partial charge in [0.1, 0.15) is 23.8 Å². The maximum atomic E-state index is 14.9. The van der Waals surface area contributed by atoms with Gasteiger partial charge in [-0.25, -0.2) is 13.8 Å². The molecule has 3 aromatic rings. The fourth-order valence-corrected chi connectivity index (χ4v) is 2.51. The summed E-state index contributed by atoms with van der Waals surface area (Å²) in [7, 11) is 0. The lowest BCUT2D eigenvalue weighted by molar-refractivity contribution is 0.0784. The average molecular weight is 318 g/mol. The molecule has 2 heterocycles. The van der Waals surface area contributed by atoms with Gasteiger partial charge in [0.15, 0.2) is 0 Å². The first-order valence-electron chi connectivity index (χ1n) is 7.15. The lowest BCUT2D eigenvalue weighted by Gasteiger charge is -2.19. The molecule has 120 valence electrons. The number of aliphatic hydroxyl groups is 1. The molecular weight excluding hydrogens is 302 g/mol. The minimum Gasteiger partial charge on any atom is -0.386 e. The molecule has 3 rings (SSSR count). The van der Waals surface area contributed by atoms with E-state index in [4.69, 9.17) is 0 Å². The molecule has 23 heavy (non-hydrogen) atoms. The largest absolute Gasteiger partial charge is 0.386 e. The van der Waals surface area contributed by atoms with Gasteiger partial charge in [-0.3, -0.25) is 10.1 Å². The van der Waals surface area contributed by atoms with E-state index in [1.165, 1.54) is 24.7 Å². The van der Waals surface area contributed by atoms with E-state index in [1.807, 2.05) is 0 Å². The van der Waals surface area contributed by atoms with Crippen LogP contribution in [0.1, 0.15) is 43.6 Å². The Morgan fingerprint density at radius 3 is 2.57 bits per heavy atom. The summed E-state index contributed by atoms with van der Waals surface area (Å²) in [5.41, 5.74) is -0.627. The van der Waals surface area contributed by atoms with E-state index < -0.39 is 23.2 Å². The number of hydrogen-bond donors (Lipinski definition) is 2. The minimum atomic E-state index is -1.17. The predicted molar refractivity (Wildman–Crippen MR) is 80.8 cm³/mol. The highest BCUT2D eigenvalue weighted by molar-refractivity contribution is 5.81. The Labute approximate surface area is 131 Å². The number of H-pyrrole nitrogens is 1. The Bertz CT molecular complexity index is 857. The minimum absolute atomic E-state index is 0.107. The molecule has 0 saturated heterocycles. The summed E-state index contributed by atoms with van der Waals surface area (Å²) < 4.78 is 29.3. The molecule has 1 unspecified atom stereocenters. The van der Waals surface area contributed by atoms with Crippen molar-refractivity contribution in [3.63, 3.8) is 0 Å². The quantitative estimate of drug-likeness (QED) is 0.778. The fraction of sp³-hybridized carbons (Fsp3) is 0.312. The smallest absolute Gasteiger partial charge is 0.139 e. The molecule has 0 amide bonds. The number of pyridine rings is 1. The van der Waals surface area contributed by atoms with Gasteiger partial charge >= 0.3 is 0 Å². The molecule has 7 heteroatoms. The summed E-state index contributed by atoms with van der Waals surface area (Å²) in [5, 5.41) is 16.6. The van der Waals surface area contributed by atoms with Crippen molar-refractivity contribution in [2.45, 2.75) is 32.3 Å². The van der Waals surface area contributed by atoms with Crippen molar-refractivity contribution in [3.8, 4) is 0 Å². The van der Waals surface area contributed by atoms with E-state index in [0.29, 0.717) is 11.4 Å². The van der Waals surface area contributed by atoms with Gasteiger partial charge in [0.25, 0.3) is 0 Å². The molecule has 1 aromatic carbocycles. The van der Waals surface area contributed by atoms with Crippen molar-refractivity contribution in [3.05, 3.63) is 53.2 Å². The summed E-state index contributed by atoms with van der Waals surface area (Å²) >= 11 is 0. The van der Waals surface area contributed by atoms with Gasteiger partial charge < -0.3 is 5.11 Å². The molecule has 0 saturated carbocycles. The van der Waals surface area contributed by atoms with Crippen molar-refractivity contribution in [1.82, 2.24) is 20.2 Å². The molecule has 2 N–H and O–H groups in total. The zero-order valence-electron chi connectivity index (χ0n) is 12.9. The number of nitrogens with zero attached hydrogens (tertiary/aromatic N) is 3. The van der Waals surface area contributed by atoms with Gasteiger partial charge in [-0.15, -0.1) is 0 Å². The van der Waals surface area contributed by atoms with E-state index in [0.717, 1.165) is 0 Å². The van der Waals surface area contributed by atoms with Crippen LogP contribution >= 0.6 is 0 Å². The van der Waals surface area contributed by atoms with Crippen LogP contribution in [0.15, 0.2) is 24.7 Å². The standard InChI is InChI=1S/C16H16F2N4O/c1-8(15-20-7-21-22-15)13-11(17)5-12-10(14(13)18)4-9(6-19-12)16(2,3)23/h4-8,23H,1-3H3,(H,20,21,22). The molecule has 1 atom stereocenters. The van der Waals surface area contributed by atoms with Crippen LogP contribution in [0, 0.1) is 11.6 Å². The summed E-state index contributed by atoms with van der Waals surface area (Å²) in [4.78, 5) is 8.01. The third kappa shape index (κ3) is 2.68. The first-order valence-corrected chi connectivity index (χ1v) is 7.15. The van der Waals surface area contributed by atoms with Crippen LogP contribution in [0.2, 0.25) is 0 Å². The molecular formula is C16H16F2N4O. The Hall–Kier alpha value is -2.41. The molecule has 0 radical (unpaired) electrons. The van der Waals surface area contributed by atoms with E-state index in [-0.39, 0.29) is 16.5 Å². The first kappa shape index (κ1) is 15.5. The van der Waals surface area contributed by atoms with Crippen LogP contribution in [0.5, 0.6) is 0 Å². The second-order valence-electron chi connectivity index (χ2n) is 6.03. The van der Waals surface area contributed by atoms with Crippen LogP contribution in [0.4, 0.5) is 8.78 Å². The fourth-order valence-electron chi connectivity index (χ4n) is 2.51. The van der Waals surface area contributed by atoms with Gasteiger partial charge in [0.05, 0.1) is 11.1 Å². The van der Waals surface area contributed by atoms with E-state index >= 15 is 0 Å². The summed E-state index contributed by atoms with van der Waals surface area (Å²) in [6, 6.07) is 2.68. The molecule has 0 fully saturated rings. The van der Waals surface area contributed by atoms with Crippen molar-refractivity contribution in [2.75, 3.05) is 0 Å². The summed E-state index contributed by atoms with van der Waals surface area (Å²) in [6.45, 7) is 4.80. The third-order valence-corrected chi connectivity index (χ3v) is 3.90. The third-order valence-electron chi connectivity index (χ3n) is 3.90. The molecule has 0 bridgehead atoms. The zero-order valence-corrected chi connectivity index (χ0v) is 12.9. The van der Waals surface area contributed by atoms with E-state index in [9.17, 15) is 13.9 Å². The Morgan fingerprint density at radius 2 is 1.96 bits per heavy atom. The highest BCUT2D eigenvalue weighted by Crippen LogP contribution is 2.32. The van der Waals surface area contributed by atoms with Gasteiger partial charge in [0, 0.05) is 34.7 Å². The number of nitrogens with one attached hydrogen (secondary N) is 1. The lowest BCUT2D eigenvalue weighted by Crippen LogP contribution is -2.16. The van der Waals surface area contributed by atoms with Crippen LogP contribution in [-0.2, 0) is 5.60 Å². The molecule has 2 aromatic heterocycles. The maximum absolute atomic E-state index is 14.9. The number of halogens is 2. The van der Waals surface area contributed by atoms with Crippen molar-refractivity contribution < 1.29 is 13.9 Å². The zero-order chi connectivity index (χ0) is 16.8. The second kappa shape index (κ2) is 5.34. The number of rotatable bonds is 3. The second-order valence-corrected chi connectivity index (χ2v) is 6.03. The van der Waals surface area contributed by atoms with E-state index in [2.05, 4.69) is 20.2 Å². The van der Waals surface area contributed by atoms with Crippen LogP contribution in [0.25, 0.3) is 10.9 Å². The predicted octanol–water partition coefficient (Wildman–Crippen LogP) is 3.01. The van der Waals surface area contributed by atoms with Crippen molar-refractivity contribution >= 4 is 10.9 Å². The molecule has 0 aliphatic rings. The topological polar surface area (TPSA) is 74.7 Å². The molecule has 0 spiro atoms. The number of aromatic amines is 1. The molecule has 0 aliphatic carbocycles. The summed E-state index contributed by atoms with van der Waals surface area (Å²) in [6.07, 6.45) is 2.71. The molecule has 0 aliphatic heterocycles. The average Bonchev–Trinajstić information content (AvgIpc) is 3.00. The van der Waals surface area contributed by atoms with E-state index in [1.54, 1.807) is 20.8 Å². The van der Waals surface area contributed by atoms with Gasteiger partial charge in [0.2, 0.25) is 0 Å². The van der Waals surface area contributed by atoms with Crippen LogP contribution in [-0.4, -0.2) is 25.3 Å². The normalized spacial score (nSPS) is 13.5.